The molecule has 1 aromatic rings. The molecule has 0 amide bonds. The quantitative estimate of drug-likeness (QED) is 0.761. The second-order valence-corrected chi connectivity index (χ2v) is 5.69. The monoisotopic (exact) mass is 243 g/mol. The molecule has 1 fully saturated rings. The normalized spacial score (nSPS) is 28.5. The van der Waals surface area contributed by atoms with Crippen LogP contribution in [0.2, 0.25) is 0 Å². The molecule has 0 spiro atoms. The SMILES string of the molecule is CC1(C)Cc2cccc(C3OCCC3C#N)c2O1. The molecule has 3 nitrogen and oxygen atoms in total. The number of para-hydroxylation sites is 1. The van der Waals surface area contributed by atoms with Crippen molar-refractivity contribution in [2.45, 2.75) is 38.4 Å². The molecular weight excluding hydrogens is 226 g/mol. The van der Waals surface area contributed by atoms with Gasteiger partial charge in [0.25, 0.3) is 0 Å². The Morgan fingerprint density at radius 2 is 2.22 bits per heavy atom. The molecule has 2 aliphatic rings. The highest BCUT2D eigenvalue weighted by atomic mass is 16.5. The lowest BCUT2D eigenvalue weighted by molar-refractivity contribution is 0.0904. The number of nitriles is 1. The first kappa shape index (κ1) is 11.6. The number of fused-ring (bicyclic) bond motifs is 1. The van der Waals surface area contributed by atoms with Crippen LogP contribution in [-0.4, -0.2) is 12.2 Å². The molecule has 2 heterocycles. The van der Waals surface area contributed by atoms with E-state index in [1.54, 1.807) is 0 Å². The van der Waals surface area contributed by atoms with Crippen LogP contribution >= 0.6 is 0 Å². The molecule has 0 aliphatic carbocycles. The predicted octanol–water partition coefficient (Wildman–Crippen LogP) is 3.00. The maximum absolute atomic E-state index is 9.18. The van der Waals surface area contributed by atoms with Crippen LogP contribution in [0.15, 0.2) is 18.2 Å². The number of hydrogen-bond donors (Lipinski definition) is 0. The molecular formula is C15H17NO2. The predicted molar refractivity (Wildman–Crippen MR) is 67.3 cm³/mol. The molecule has 1 saturated heterocycles. The van der Waals surface area contributed by atoms with Crippen molar-refractivity contribution in [3.05, 3.63) is 29.3 Å². The molecule has 2 unspecified atom stereocenters. The number of hydrogen-bond acceptors (Lipinski definition) is 3. The third-order valence-electron chi connectivity index (χ3n) is 3.69. The van der Waals surface area contributed by atoms with Gasteiger partial charge in [-0.05, 0) is 25.8 Å². The highest BCUT2D eigenvalue weighted by molar-refractivity contribution is 5.47. The van der Waals surface area contributed by atoms with Crippen LogP contribution in [0.25, 0.3) is 0 Å². The van der Waals surface area contributed by atoms with Crippen LogP contribution in [0.5, 0.6) is 5.75 Å². The summed E-state index contributed by atoms with van der Waals surface area (Å²) < 4.78 is 11.8. The number of nitrogens with zero attached hydrogens (tertiary/aromatic N) is 1. The van der Waals surface area contributed by atoms with E-state index in [1.807, 2.05) is 12.1 Å². The fourth-order valence-corrected chi connectivity index (χ4v) is 2.89. The maximum atomic E-state index is 9.18. The van der Waals surface area contributed by atoms with Crippen LogP contribution in [0, 0.1) is 17.2 Å². The Hall–Kier alpha value is -1.53. The van der Waals surface area contributed by atoms with Crippen molar-refractivity contribution in [2.24, 2.45) is 5.92 Å². The summed E-state index contributed by atoms with van der Waals surface area (Å²) in [5, 5.41) is 9.18. The van der Waals surface area contributed by atoms with Crippen LogP contribution in [0.3, 0.4) is 0 Å². The van der Waals surface area contributed by atoms with Gasteiger partial charge in [0.1, 0.15) is 17.5 Å². The zero-order valence-electron chi connectivity index (χ0n) is 10.8. The summed E-state index contributed by atoms with van der Waals surface area (Å²) in [4.78, 5) is 0. The lowest BCUT2D eigenvalue weighted by Gasteiger charge is -2.20. The average molecular weight is 243 g/mol. The first-order chi connectivity index (χ1) is 8.61. The lowest BCUT2D eigenvalue weighted by atomic mass is 9.93. The third-order valence-corrected chi connectivity index (χ3v) is 3.69. The number of rotatable bonds is 1. The topological polar surface area (TPSA) is 42.2 Å². The minimum atomic E-state index is -0.154. The van der Waals surface area contributed by atoms with E-state index < -0.39 is 0 Å². The van der Waals surface area contributed by atoms with Crippen molar-refractivity contribution in [3.63, 3.8) is 0 Å². The zero-order valence-corrected chi connectivity index (χ0v) is 10.8. The second kappa shape index (κ2) is 4.00. The van der Waals surface area contributed by atoms with Crippen LogP contribution in [0.4, 0.5) is 0 Å². The molecule has 3 rings (SSSR count). The Morgan fingerprint density at radius 3 is 3.00 bits per heavy atom. The van der Waals surface area contributed by atoms with E-state index >= 15 is 0 Å². The van der Waals surface area contributed by atoms with Crippen molar-refractivity contribution in [3.8, 4) is 11.8 Å². The van der Waals surface area contributed by atoms with Gasteiger partial charge in [-0.3, -0.25) is 0 Å². The average Bonchev–Trinajstić information content (AvgIpc) is 2.89. The summed E-state index contributed by atoms with van der Waals surface area (Å²) in [6.07, 6.45) is 1.60. The summed E-state index contributed by atoms with van der Waals surface area (Å²) in [6, 6.07) is 8.51. The second-order valence-electron chi connectivity index (χ2n) is 5.69. The Balaban J connectivity index is 2.01. The van der Waals surface area contributed by atoms with Crippen molar-refractivity contribution < 1.29 is 9.47 Å². The van der Waals surface area contributed by atoms with Gasteiger partial charge in [0.05, 0.1) is 12.0 Å². The first-order valence-electron chi connectivity index (χ1n) is 6.43. The fourth-order valence-electron chi connectivity index (χ4n) is 2.89. The molecule has 0 radical (unpaired) electrons. The Morgan fingerprint density at radius 1 is 1.39 bits per heavy atom. The summed E-state index contributed by atoms with van der Waals surface area (Å²) in [5.41, 5.74) is 2.12. The Bertz CT molecular complexity index is 516. The smallest absolute Gasteiger partial charge is 0.129 e. The van der Waals surface area contributed by atoms with Crippen LogP contribution in [-0.2, 0) is 11.2 Å². The number of ether oxygens (including phenoxy) is 2. The van der Waals surface area contributed by atoms with Crippen molar-refractivity contribution in [1.29, 1.82) is 5.26 Å². The van der Waals surface area contributed by atoms with E-state index in [0.29, 0.717) is 6.61 Å². The lowest BCUT2D eigenvalue weighted by Crippen LogP contribution is -2.25. The van der Waals surface area contributed by atoms with Crippen molar-refractivity contribution in [2.75, 3.05) is 6.61 Å². The molecule has 0 aromatic heterocycles. The van der Waals surface area contributed by atoms with Gasteiger partial charge in [-0.15, -0.1) is 0 Å². The van der Waals surface area contributed by atoms with Gasteiger partial charge in [0.2, 0.25) is 0 Å². The van der Waals surface area contributed by atoms with Gasteiger partial charge in [-0.1, -0.05) is 18.2 Å². The minimum Gasteiger partial charge on any atom is -0.487 e. The van der Waals surface area contributed by atoms with E-state index in [4.69, 9.17) is 9.47 Å². The largest absolute Gasteiger partial charge is 0.487 e. The van der Waals surface area contributed by atoms with E-state index in [-0.39, 0.29) is 17.6 Å². The highest BCUT2D eigenvalue weighted by Crippen LogP contribution is 2.44. The standard InChI is InChI=1S/C15H17NO2/c1-15(2)8-10-4-3-5-12(14(10)18-15)13-11(9-16)6-7-17-13/h3-5,11,13H,6-8H2,1-2H3. The summed E-state index contributed by atoms with van der Waals surface area (Å²) in [6.45, 7) is 4.85. The van der Waals surface area contributed by atoms with Gasteiger partial charge >= 0.3 is 0 Å². The summed E-state index contributed by atoms with van der Waals surface area (Å²) in [7, 11) is 0. The highest BCUT2D eigenvalue weighted by Gasteiger charge is 2.37. The number of benzene rings is 1. The molecule has 94 valence electrons. The first-order valence-corrected chi connectivity index (χ1v) is 6.43. The molecule has 2 aliphatic heterocycles. The Labute approximate surface area is 107 Å². The van der Waals surface area contributed by atoms with Gasteiger partial charge in [-0.25, -0.2) is 0 Å². The zero-order chi connectivity index (χ0) is 12.8. The van der Waals surface area contributed by atoms with E-state index in [0.717, 1.165) is 24.2 Å². The van der Waals surface area contributed by atoms with Crippen LogP contribution in [0.1, 0.15) is 37.5 Å². The molecule has 0 bridgehead atoms. The van der Waals surface area contributed by atoms with Gasteiger partial charge in [-0.2, -0.15) is 5.26 Å². The molecule has 0 saturated carbocycles. The van der Waals surface area contributed by atoms with Gasteiger partial charge < -0.3 is 9.47 Å². The van der Waals surface area contributed by atoms with E-state index in [2.05, 4.69) is 26.0 Å². The molecule has 3 heteroatoms. The molecule has 18 heavy (non-hydrogen) atoms. The van der Waals surface area contributed by atoms with E-state index in [1.165, 1.54) is 5.56 Å². The third kappa shape index (κ3) is 1.77. The molecule has 0 N–H and O–H groups in total. The molecule has 1 aromatic carbocycles. The van der Waals surface area contributed by atoms with Crippen molar-refractivity contribution in [1.82, 2.24) is 0 Å². The Kier molecular flexibility index (Phi) is 2.57. The van der Waals surface area contributed by atoms with Gasteiger partial charge in [0.15, 0.2) is 0 Å². The van der Waals surface area contributed by atoms with Crippen LogP contribution < -0.4 is 4.74 Å². The fraction of sp³-hybridized carbons (Fsp3) is 0.533. The van der Waals surface area contributed by atoms with E-state index in [9.17, 15) is 5.26 Å². The van der Waals surface area contributed by atoms with Crippen molar-refractivity contribution >= 4 is 0 Å². The maximum Gasteiger partial charge on any atom is 0.129 e. The summed E-state index contributed by atoms with van der Waals surface area (Å²) >= 11 is 0. The summed E-state index contributed by atoms with van der Waals surface area (Å²) in [5.74, 6) is 0.887. The minimum absolute atomic E-state index is 0.0520. The molecule has 2 atom stereocenters. The van der Waals surface area contributed by atoms with Gasteiger partial charge in [0, 0.05) is 18.6 Å².